The van der Waals surface area contributed by atoms with Crippen LogP contribution in [0.25, 0.3) is 0 Å². The highest BCUT2D eigenvalue weighted by atomic mass is 35.5. The van der Waals surface area contributed by atoms with Crippen LogP contribution in [0, 0.1) is 10.9 Å². The van der Waals surface area contributed by atoms with Crippen molar-refractivity contribution in [1.29, 1.82) is 0 Å². The van der Waals surface area contributed by atoms with Gasteiger partial charge in [-0.15, -0.1) is 0 Å². The zero-order valence-electron chi connectivity index (χ0n) is 19.0. The van der Waals surface area contributed by atoms with Crippen LogP contribution in [0.5, 0.6) is 11.5 Å². The van der Waals surface area contributed by atoms with E-state index in [-0.39, 0.29) is 22.4 Å². The number of halogens is 3. The molecule has 0 unspecified atom stereocenters. The third-order valence-corrected chi connectivity index (χ3v) is 8.12. The predicted octanol–water partition coefficient (Wildman–Crippen LogP) is 6.23. The summed E-state index contributed by atoms with van der Waals surface area (Å²) >= 11 is 6.84. The highest BCUT2D eigenvalue weighted by molar-refractivity contribution is 7.93. The minimum absolute atomic E-state index is 0.0221. The molecule has 4 aromatic rings. The van der Waals surface area contributed by atoms with Crippen molar-refractivity contribution in [1.82, 2.24) is 4.98 Å². The van der Waals surface area contributed by atoms with Crippen LogP contribution in [0.1, 0.15) is 5.56 Å². The summed E-state index contributed by atoms with van der Waals surface area (Å²) in [6, 6.07) is 15.7. The third-order valence-electron chi connectivity index (χ3n) is 5.13. The van der Waals surface area contributed by atoms with E-state index in [9.17, 15) is 12.8 Å². The summed E-state index contributed by atoms with van der Waals surface area (Å²) in [7, 11) is -1.69. The molecule has 0 amide bonds. The second kappa shape index (κ2) is 10.7. The van der Waals surface area contributed by atoms with Crippen LogP contribution in [-0.2, 0) is 16.6 Å². The van der Waals surface area contributed by atoms with Crippen LogP contribution in [0.4, 0.5) is 25.3 Å². The van der Waals surface area contributed by atoms with Crippen molar-refractivity contribution in [2.75, 3.05) is 23.8 Å². The van der Waals surface area contributed by atoms with Crippen molar-refractivity contribution in [2.24, 2.45) is 0 Å². The van der Waals surface area contributed by atoms with Gasteiger partial charge in [0.25, 0.3) is 10.0 Å². The Labute approximate surface area is 215 Å². The van der Waals surface area contributed by atoms with E-state index in [4.69, 9.17) is 21.1 Å². The Morgan fingerprint density at radius 3 is 2.44 bits per heavy atom. The van der Waals surface area contributed by atoms with E-state index in [2.05, 4.69) is 10.3 Å². The van der Waals surface area contributed by atoms with Crippen LogP contribution in [0.3, 0.4) is 0 Å². The molecule has 0 aliphatic rings. The molecule has 0 fully saturated rings. The number of para-hydroxylation sites is 1. The molecule has 0 aliphatic heterocycles. The molecule has 4 rings (SSSR count). The second-order valence-corrected chi connectivity index (χ2v) is 10.6. The van der Waals surface area contributed by atoms with Gasteiger partial charge in [0.05, 0.1) is 37.7 Å². The number of benzene rings is 3. The molecule has 1 aromatic heterocycles. The number of hydrogen-bond donors (Lipinski definition) is 1. The van der Waals surface area contributed by atoms with Crippen LogP contribution < -0.4 is 19.1 Å². The summed E-state index contributed by atoms with van der Waals surface area (Å²) in [5, 5.41) is 2.04. The number of nitrogens with zero attached hydrogens (tertiary/aromatic N) is 2. The van der Waals surface area contributed by atoms with Crippen LogP contribution in [0.2, 0.25) is 5.02 Å². The summed E-state index contributed by atoms with van der Waals surface area (Å²) in [6.07, 6.45) is 0.893. The number of rotatable bonds is 9. The quantitative estimate of drug-likeness (QED) is 0.265. The summed E-state index contributed by atoms with van der Waals surface area (Å²) in [4.78, 5) is 3.19. The molecule has 0 aliphatic carbocycles. The molecule has 0 spiro atoms. The van der Waals surface area contributed by atoms with E-state index >= 15 is 4.39 Å². The first-order chi connectivity index (χ1) is 17.2. The number of thiazole rings is 1. The highest BCUT2D eigenvalue weighted by Crippen LogP contribution is 2.36. The van der Waals surface area contributed by atoms with Crippen molar-refractivity contribution in [3.05, 3.63) is 88.4 Å². The zero-order valence-corrected chi connectivity index (χ0v) is 21.4. The molecule has 7 nitrogen and oxygen atoms in total. The van der Waals surface area contributed by atoms with E-state index in [1.165, 1.54) is 14.2 Å². The van der Waals surface area contributed by atoms with Crippen LogP contribution >= 0.6 is 22.9 Å². The van der Waals surface area contributed by atoms with Gasteiger partial charge in [-0.3, -0.25) is 0 Å². The maximum Gasteiger partial charge on any atom is 0.269 e. The largest absolute Gasteiger partial charge is 0.497 e. The predicted molar refractivity (Wildman–Crippen MR) is 136 cm³/mol. The maximum atomic E-state index is 15.3. The lowest BCUT2D eigenvalue weighted by Gasteiger charge is -2.23. The van der Waals surface area contributed by atoms with Gasteiger partial charge in [0.15, 0.2) is 5.13 Å². The van der Waals surface area contributed by atoms with Crippen molar-refractivity contribution >= 4 is 49.5 Å². The molecule has 0 radical (unpaired) electrons. The third kappa shape index (κ3) is 5.38. The fraction of sp³-hybridized carbons (Fsp3) is 0.125. The molecule has 188 valence electrons. The lowest BCUT2D eigenvalue weighted by atomic mass is 10.2. The molecule has 1 N–H and O–H groups in total. The summed E-state index contributed by atoms with van der Waals surface area (Å²) in [6.45, 7) is -0.316. The molecule has 0 saturated carbocycles. The molecule has 3 aromatic carbocycles. The summed E-state index contributed by atoms with van der Waals surface area (Å²) < 4.78 is 67.9. The number of anilines is 3. The Morgan fingerprint density at radius 1 is 1.06 bits per heavy atom. The van der Waals surface area contributed by atoms with Crippen molar-refractivity contribution in [3.8, 4) is 11.5 Å². The van der Waals surface area contributed by atoms with Crippen molar-refractivity contribution < 1.29 is 26.7 Å². The Balaban J connectivity index is 1.76. The molecule has 12 heteroatoms. The Kier molecular flexibility index (Phi) is 7.62. The van der Waals surface area contributed by atoms with Crippen LogP contribution in [0.15, 0.2) is 71.8 Å². The number of sulfonamides is 1. The lowest BCUT2D eigenvalue weighted by molar-refractivity contribution is 0.391. The van der Waals surface area contributed by atoms with Crippen LogP contribution in [-0.4, -0.2) is 27.6 Å². The van der Waals surface area contributed by atoms with E-state index in [0.29, 0.717) is 34.1 Å². The Morgan fingerprint density at radius 2 is 1.81 bits per heavy atom. The van der Waals surface area contributed by atoms with Gasteiger partial charge in [-0.2, -0.15) is 4.39 Å². The fourth-order valence-electron chi connectivity index (χ4n) is 3.37. The van der Waals surface area contributed by atoms with Gasteiger partial charge < -0.3 is 14.8 Å². The second-order valence-electron chi connectivity index (χ2n) is 7.39. The van der Waals surface area contributed by atoms with Crippen molar-refractivity contribution in [2.45, 2.75) is 11.4 Å². The van der Waals surface area contributed by atoms with Gasteiger partial charge in [0.1, 0.15) is 22.2 Å². The average Bonchev–Trinajstić information content (AvgIpc) is 3.30. The summed E-state index contributed by atoms with van der Waals surface area (Å²) in [5.41, 5.74) is 1.25. The van der Waals surface area contributed by atoms with Gasteiger partial charge in [-0.1, -0.05) is 41.1 Å². The first kappa shape index (κ1) is 25.7. The summed E-state index contributed by atoms with van der Waals surface area (Å²) in [5.74, 6) is -0.223. The van der Waals surface area contributed by atoms with Gasteiger partial charge in [0.2, 0.25) is 5.13 Å². The van der Waals surface area contributed by atoms with E-state index in [0.717, 1.165) is 22.6 Å². The first-order valence-electron chi connectivity index (χ1n) is 10.4. The minimum atomic E-state index is -4.58. The van der Waals surface area contributed by atoms with E-state index in [1.807, 2.05) is 6.07 Å². The fourth-order valence-corrected chi connectivity index (χ4v) is 5.98. The SMILES string of the molecule is COc1ccc(CN(c2ncc(F)s2)S(=O)(=O)c2cc(Cl)c(Nc3ccccc3)cc2F)c(OC)c1. The topological polar surface area (TPSA) is 80.8 Å². The minimum Gasteiger partial charge on any atom is -0.497 e. The number of hydrogen-bond acceptors (Lipinski definition) is 7. The first-order valence-corrected chi connectivity index (χ1v) is 13.0. The molecule has 0 bridgehead atoms. The Bertz CT molecular complexity index is 1480. The standard InChI is InChI=1S/C24H20ClF2N3O4S2/c1-33-17-9-8-15(21(10-17)34-2)14-30(24-28-13-23(27)35-24)36(31,32)22-11-18(25)20(12-19(22)26)29-16-6-4-3-5-7-16/h3-13,29H,14H2,1-2H3. The molecular weight excluding hydrogens is 532 g/mol. The molecule has 1 heterocycles. The molecule has 0 atom stereocenters. The van der Waals surface area contributed by atoms with Crippen molar-refractivity contribution in [3.63, 3.8) is 0 Å². The highest BCUT2D eigenvalue weighted by Gasteiger charge is 2.32. The van der Waals surface area contributed by atoms with Gasteiger partial charge in [-0.25, -0.2) is 22.1 Å². The van der Waals surface area contributed by atoms with Gasteiger partial charge in [-0.05, 0) is 30.3 Å². The molecule has 36 heavy (non-hydrogen) atoms. The van der Waals surface area contributed by atoms with E-state index in [1.54, 1.807) is 42.5 Å². The maximum absolute atomic E-state index is 15.3. The van der Waals surface area contributed by atoms with Gasteiger partial charge >= 0.3 is 0 Å². The Hall–Kier alpha value is -3.41. The van der Waals surface area contributed by atoms with E-state index < -0.39 is 25.9 Å². The zero-order chi connectivity index (χ0) is 25.9. The average molecular weight is 552 g/mol. The normalized spacial score (nSPS) is 11.2. The lowest BCUT2D eigenvalue weighted by Crippen LogP contribution is -2.31. The molecule has 0 saturated heterocycles. The molecular formula is C24H20ClF2N3O4S2. The smallest absolute Gasteiger partial charge is 0.269 e. The number of ether oxygens (including phenoxy) is 2. The number of nitrogens with one attached hydrogen (secondary N) is 1. The monoisotopic (exact) mass is 551 g/mol. The number of methoxy groups -OCH3 is 2. The number of aromatic nitrogens is 1. The van der Waals surface area contributed by atoms with Gasteiger partial charge in [0, 0.05) is 23.4 Å².